The second kappa shape index (κ2) is 6.60. The molecule has 6 heteroatoms. The van der Waals surface area contributed by atoms with Crippen molar-refractivity contribution in [2.75, 3.05) is 5.32 Å². The van der Waals surface area contributed by atoms with E-state index in [4.69, 9.17) is 0 Å². The molecule has 0 radical (unpaired) electrons. The fourth-order valence-electron chi connectivity index (χ4n) is 2.83. The summed E-state index contributed by atoms with van der Waals surface area (Å²) in [5, 5.41) is 8.53. The Labute approximate surface area is 144 Å². The molecule has 0 saturated heterocycles. The second-order valence-electron chi connectivity index (χ2n) is 5.81. The predicted molar refractivity (Wildman–Crippen MR) is 97.5 cm³/mol. The van der Waals surface area contributed by atoms with Gasteiger partial charge in [0.15, 0.2) is 0 Å². The normalized spacial score (nSPS) is 10.9. The van der Waals surface area contributed by atoms with Crippen molar-refractivity contribution in [3.63, 3.8) is 0 Å². The third-order valence-electron chi connectivity index (χ3n) is 4.12. The lowest BCUT2D eigenvalue weighted by atomic mass is 10.1. The van der Waals surface area contributed by atoms with Gasteiger partial charge in [0, 0.05) is 23.3 Å². The summed E-state index contributed by atoms with van der Waals surface area (Å²) in [6.07, 6.45) is 3.20. The van der Waals surface area contributed by atoms with Crippen molar-refractivity contribution in [3.05, 3.63) is 88.7 Å². The Balaban J connectivity index is 1.57. The number of benzene rings is 2. The summed E-state index contributed by atoms with van der Waals surface area (Å²) in [5.74, 6) is 0. The standard InChI is InChI=1S/C19H17N5O/c25-19-16(9-14-5-1-4-8-18(14)23-19)10-21-17-7-3-2-6-15(17)11-24-13-20-12-22-24/h1-9,12-13,21H,10-11H2,(H,23,25). The highest BCUT2D eigenvalue weighted by Gasteiger charge is 2.06. The lowest BCUT2D eigenvalue weighted by Crippen LogP contribution is -2.16. The number of aromatic nitrogens is 4. The van der Waals surface area contributed by atoms with Crippen LogP contribution in [0.5, 0.6) is 0 Å². The van der Waals surface area contributed by atoms with Crippen molar-refractivity contribution in [1.29, 1.82) is 0 Å². The first-order valence-corrected chi connectivity index (χ1v) is 8.05. The first kappa shape index (κ1) is 15.1. The quantitative estimate of drug-likeness (QED) is 0.590. The molecule has 0 atom stereocenters. The largest absolute Gasteiger partial charge is 0.380 e. The second-order valence-corrected chi connectivity index (χ2v) is 5.81. The molecular weight excluding hydrogens is 314 g/mol. The maximum absolute atomic E-state index is 12.3. The van der Waals surface area contributed by atoms with Crippen LogP contribution in [0.25, 0.3) is 10.9 Å². The molecule has 2 heterocycles. The molecule has 2 aromatic carbocycles. The highest BCUT2D eigenvalue weighted by Crippen LogP contribution is 2.17. The maximum atomic E-state index is 12.3. The monoisotopic (exact) mass is 331 g/mol. The van der Waals surface area contributed by atoms with E-state index in [2.05, 4.69) is 20.4 Å². The summed E-state index contributed by atoms with van der Waals surface area (Å²) < 4.78 is 1.77. The molecule has 0 bridgehead atoms. The first-order chi connectivity index (χ1) is 12.3. The smallest absolute Gasteiger partial charge is 0.253 e. The van der Waals surface area contributed by atoms with Crippen LogP contribution >= 0.6 is 0 Å². The van der Waals surface area contributed by atoms with Crippen molar-refractivity contribution in [3.8, 4) is 0 Å². The van der Waals surface area contributed by atoms with Gasteiger partial charge in [-0.05, 0) is 29.1 Å². The third kappa shape index (κ3) is 3.28. The third-order valence-corrected chi connectivity index (χ3v) is 4.12. The molecule has 0 saturated carbocycles. The number of fused-ring (bicyclic) bond motifs is 1. The zero-order valence-corrected chi connectivity index (χ0v) is 13.5. The van der Waals surface area contributed by atoms with E-state index in [1.165, 1.54) is 6.33 Å². The maximum Gasteiger partial charge on any atom is 0.253 e. The SMILES string of the molecule is O=c1[nH]c2ccccc2cc1CNc1ccccc1Cn1cncn1. The van der Waals surface area contributed by atoms with Gasteiger partial charge in [0.05, 0.1) is 6.54 Å². The van der Waals surface area contributed by atoms with E-state index < -0.39 is 0 Å². The summed E-state index contributed by atoms with van der Waals surface area (Å²) in [4.78, 5) is 19.2. The number of nitrogens with one attached hydrogen (secondary N) is 2. The van der Waals surface area contributed by atoms with Gasteiger partial charge in [0.2, 0.25) is 0 Å². The van der Waals surface area contributed by atoms with Crippen LogP contribution in [0.2, 0.25) is 0 Å². The molecule has 2 N–H and O–H groups in total. The van der Waals surface area contributed by atoms with E-state index in [1.807, 2.05) is 54.6 Å². The fourth-order valence-corrected chi connectivity index (χ4v) is 2.83. The number of pyridine rings is 1. The van der Waals surface area contributed by atoms with E-state index in [0.717, 1.165) is 22.2 Å². The highest BCUT2D eigenvalue weighted by molar-refractivity contribution is 5.78. The number of H-pyrrole nitrogens is 1. The van der Waals surface area contributed by atoms with E-state index in [0.29, 0.717) is 18.7 Å². The number of hydrogen-bond acceptors (Lipinski definition) is 4. The van der Waals surface area contributed by atoms with Crippen molar-refractivity contribution in [1.82, 2.24) is 19.7 Å². The molecule has 0 aliphatic carbocycles. The molecule has 25 heavy (non-hydrogen) atoms. The molecule has 0 aliphatic rings. The average molecular weight is 331 g/mol. The van der Waals surface area contributed by atoms with Crippen molar-refractivity contribution < 1.29 is 0 Å². The van der Waals surface area contributed by atoms with E-state index in [1.54, 1.807) is 11.0 Å². The summed E-state index contributed by atoms with van der Waals surface area (Å²) in [5.41, 5.74) is 3.55. The summed E-state index contributed by atoms with van der Waals surface area (Å²) in [6, 6.07) is 17.7. The van der Waals surface area contributed by atoms with Gasteiger partial charge in [-0.25, -0.2) is 9.67 Å². The molecule has 0 unspecified atom stereocenters. The molecule has 0 aliphatic heterocycles. The Bertz CT molecular complexity index is 1050. The van der Waals surface area contributed by atoms with Gasteiger partial charge < -0.3 is 10.3 Å². The number of para-hydroxylation sites is 2. The van der Waals surface area contributed by atoms with Gasteiger partial charge in [0.25, 0.3) is 5.56 Å². The van der Waals surface area contributed by atoms with Gasteiger partial charge in [-0.2, -0.15) is 5.10 Å². The molecule has 4 rings (SSSR count). The highest BCUT2D eigenvalue weighted by atomic mass is 16.1. The van der Waals surface area contributed by atoms with Crippen LogP contribution in [-0.2, 0) is 13.1 Å². The molecule has 4 aromatic rings. The van der Waals surface area contributed by atoms with Crippen molar-refractivity contribution >= 4 is 16.6 Å². The van der Waals surface area contributed by atoms with Gasteiger partial charge >= 0.3 is 0 Å². The lowest BCUT2D eigenvalue weighted by Gasteiger charge is -2.12. The van der Waals surface area contributed by atoms with E-state index in [9.17, 15) is 4.79 Å². The number of aromatic amines is 1. The number of hydrogen-bond donors (Lipinski definition) is 2. The minimum Gasteiger partial charge on any atom is -0.380 e. The number of nitrogens with zero attached hydrogens (tertiary/aromatic N) is 3. The average Bonchev–Trinajstić information content (AvgIpc) is 3.14. The first-order valence-electron chi connectivity index (χ1n) is 8.05. The molecule has 0 amide bonds. The van der Waals surface area contributed by atoms with Gasteiger partial charge in [-0.1, -0.05) is 36.4 Å². The molecule has 124 valence electrons. The molecular formula is C19H17N5O. The zero-order chi connectivity index (χ0) is 17.1. The Kier molecular flexibility index (Phi) is 4.00. The van der Waals surface area contributed by atoms with Gasteiger partial charge in [0.1, 0.15) is 12.7 Å². The Morgan fingerprint density at radius 2 is 1.88 bits per heavy atom. The minimum absolute atomic E-state index is 0.0695. The Morgan fingerprint density at radius 3 is 2.76 bits per heavy atom. The zero-order valence-electron chi connectivity index (χ0n) is 13.5. The molecule has 2 aromatic heterocycles. The topological polar surface area (TPSA) is 75.6 Å². The van der Waals surface area contributed by atoms with Crippen LogP contribution in [0.1, 0.15) is 11.1 Å². The van der Waals surface area contributed by atoms with Crippen molar-refractivity contribution in [2.24, 2.45) is 0 Å². The minimum atomic E-state index is -0.0695. The Morgan fingerprint density at radius 1 is 1.04 bits per heavy atom. The Hall–Kier alpha value is -3.41. The van der Waals surface area contributed by atoms with Crippen LogP contribution in [-0.4, -0.2) is 19.7 Å². The van der Waals surface area contributed by atoms with Gasteiger partial charge in [-0.15, -0.1) is 0 Å². The number of anilines is 1. The van der Waals surface area contributed by atoms with Crippen molar-refractivity contribution in [2.45, 2.75) is 13.1 Å². The van der Waals surface area contributed by atoms with E-state index in [-0.39, 0.29) is 5.56 Å². The van der Waals surface area contributed by atoms with Gasteiger partial charge in [-0.3, -0.25) is 4.79 Å². The molecule has 6 nitrogen and oxygen atoms in total. The van der Waals surface area contributed by atoms with Crippen LogP contribution in [0.15, 0.2) is 72.0 Å². The summed E-state index contributed by atoms with van der Waals surface area (Å²) in [7, 11) is 0. The fraction of sp³-hybridized carbons (Fsp3) is 0.105. The molecule has 0 fully saturated rings. The van der Waals surface area contributed by atoms with E-state index >= 15 is 0 Å². The number of rotatable bonds is 5. The predicted octanol–water partition coefficient (Wildman–Crippen LogP) is 2.78. The van der Waals surface area contributed by atoms with Crippen LogP contribution in [0, 0.1) is 0 Å². The van der Waals surface area contributed by atoms with Crippen LogP contribution < -0.4 is 10.9 Å². The summed E-state index contributed by atoms with van der Waals surface area (Å²) >= 11 is 0. The van der Waals surface area contributed by atoms with Crippen LogP contribution in [0.4, 0.5) is 5.69 Å². The van der Waals surface area contributed by atoms with Crippen LogP contribution in [0.3, 0.4) is 0 Å². The lowest BCUT2D eigenvalue weighted by molar-refractivity contribution is 0.685. The molecule has 0 spiro atoms. The summed E-state index contributed by atoms with van der Waals surface area (Å²) in [6.45, 7) is 1.08.